The van der Waals surface area contributed by atoms with E-state index in [4.69, 9.17) is 0 Å². The van der Waals surface area contributed by atoms with Gasteiger partial charge in [-0.25, -0.2) is 0 Å². The van der Waals surface area contributed by atoms with Crippen LogP contribution in [0.3, 0.4) is 0 Å². The Morgan fingerprint density at radius 2 is 2.00 bits per heavy atom. The van der Waals surface area contributed by atoms with Crippen LogP contribution in [-0.2, 0) is 20.1 Å². The SMILES string of the molecule is CCn1cc(CN(C)C(=O)c2c(Br)c(C)nn2C)c(C)n1. The number of halogens is 1. The Bertz CT molecular complexity index is 673. The zero-order valence-corrected chi connectivity index (χ0v) is 14.6. The van der Waals surface area contributed by atoms with Gasteiger partial charge in [-0.05, 0) is 36.7 Å². The molecule has 0 fully saturated rings. The van der Waals surface area contributed by atoms with E-state index < -0.39 is 0 Å². The minimum atomic E-state index is -0.0615. The standard InChI is InChI=1S/C14H20BrN5O/c1-6-20-8-11(9(2)17-20)7-18(4)14(21)13-12(15)10(3)16-19(13)5/h8H,6-7H2,1-5H3. The predicted molar refractivity (Wildman–Crippen MR) is 84.1 cm³/mol. The molecule has 2 heterocycles. The topological polar surface area (TPSA) is 56.0 Å². The third-order valence-corrected chi connectivity index (χ3v) is 4.43. The summed E-state index contributed by atoms with van der Waals surface area (Å²) in [5, 5.41) is 8.67. The van der Waals surface area contributed by atoms with Crippen LogP contribution in [0.15, 0.2) is 10.7 Å². The van der Waals surface area contributed by atoms with E-state index in [2.05, 4.69) is 26.1 Å². The first kappa shape index (κ1) is 15.8. The molecule has 0 N–H and O–H groups in total. The first-order valence-corrected chi connectivity index (χ1v) is 7.61. The molecule has 2 aromatic rings. The summed E-state index contributed by atoms with van der Waals surface area (Å²) in [4.78, 5) is 14.3. The van der Waals surface area contributed by atoms with Crippen LogP contribution in [0.4, 0.5) is 0 Å². The van der Waals surface area contributed by atoms with Crippen LogP contribution in [0.5, 0.6) is 0 Å². The molecule has 7 heteroatoms. The number of carbonyl (C=O) groups excluding carboxylic acids is 1. The summed E-state index contributed by atoms with van der Waals surface area (Å²) in [6.07, 6.45) is 1.99. The molecule has 0 atom stereocenters. The van der Waals surface area contributed by atoms with Gasteiger partial charge in [0.15, 0.2) is 0 Å². The number of rotatable bonds is 4. The molecular weight excluding hydrogens is 334 g/mol. The van der Waals surface area contributed by atoms with Crippen molar-refractivity contribution in [3.8, 4) is 0 Å². The van der Waals surface area contributed by atoms with Crippen LogP contribution in [0.1, 0.15) is 34.4 Å². The first-order valence-electron chi connectivity index (χ1n) is 6.82. The molecule has 2 aromatic heterocycles. The van der Waals surface area contributed by atoms with Gasteiger partial charge in [0, 0.05) is 38.9 Å². The molecule has 2 rings (SSSR count). The normalized spacial score (nSPS) is 11.0. The molecule has 0 bridgehead atoms. The van der Waals surface area contributed by atoms with Gasteiger partial charge in [-0.15, -0.1) is 0 Å². The van der Waals surface area contributed by atoms with Crippen molar-refractivity contribution in [2.24, 2.45) is 7.05 Å². The summed E-state index contributed by atoms with van der Waals surface area (Å²) in [6, 6.07) is 0. The van der Waals surface area contributed by atoms with E-state index in [9.17, 15) is 4.79 Å². The molecule has 0 saturated heterocycles. The number of carbonyl (C=O) groups is 1. The van der Waals surface area contributed by atoms with Gasteiger partial charge in [-0.1, -0.05) is 0 Å². The van der Waals surface area contributed by atoms with Crippen molar-refractivity contribution in [1.29, 1.82) is 0 Å². The summed E-state index contributed by atoms with van der Waals surface area (Å²) in [5.74, 6) is -0.0615. The smallest absolute Gasteiger partial charge is 0.273 e. The second kappa shape index (κ2) is 6.01. The van der Waals surface area contributed by atoms with Crippen molar-refractivity contribution in [2.75, 3.05) is 7.05 Å². The number of hydrogen-bond donors (Lipinski definition) is 0. The summed E-state index contributed by atoms with van der Waals surface area (Å²) < 4.78 is 4.25. The second-order valence-corrected chi connectivity index (χ2v) is 5.92. The van der Waals surface area contributed by atoms with Crippen LogP contribution in [-0.4, -0.2) is 37.4 Å². The van der Waals surface area contributed by atoms with Crippen LogP contribution < -0.4 is 0 Å². The number of amides is 1. The van der Waals surface area contributed by atoms with Gasteiger partial charge in [-0.2, -0.15) is 10.2 Å². The summed E-state index contributed by atoms with van der Waals surface area (Å²) in [6.45, 7) is 7.23. The number of hydrogen-bond acceptors (Lipinski definition) is 3. The molecule has 21 heavy (non-hydrogen) atoms. The average molecular weight is 354 g/mol. The lowest BCUT2D eigenvalue weighted by molar-refractivity contribution is 0.0773. The van der Waals surface area contributed by atoms with Crippen molar-refractivity contribution in [3.05, 3.63) is 33.3 Å². The summed E-state index contributed by atoms with van der Waals surface area (Å²) in [5.41, 5.74) is 3.39. The lowest BCUT2D eigenvalue weighted by Crippen LogP contribution is -2.28. The maximum Gasteiger partial charge on any atom is 0.273 e. The van der Waals surface area contributed by atoms with Crippen molar-refractivity contribution in [2.45, 2.75) is 33.9 Å². The number of nitrogens with zero attached hydrogens (tertiary/aromatic N) is 5. The van der Waals surface area contributed by atoms with E-state index in [1.54, 1.807) is 23.7 Å². The monoisotopic (exact) mass is 353 g/mol. The van der Waals surface area contributed by atoms with E-state index in [0.717, 1.165) is 28.0 Å². The zero-order valence-electron chi connectivity index (χ0n) is 13.0. The molecule has 114 valence electrons. The lowest BCUT2D eigenvalue weighted by atomic mass is 10.2. The highest BCUT2D eigenvalue weighted by Crippen LogP contribution is 2.22. The Labute approximate surface area is 132 Å². The Kier molecular flexibility index (Phi) is 4.51. The average Bonchev–Trinajstić information content (AvgIpc) is 2.90. The van der Waals surface area contributed by atoms with Gasteiger partial charge in [0.1, 0.15) is 5.69 Å². The van der Waals surface area contributed by atoms with E-state index in [-0.39, 0.29) is 5.91 Å². The van der Waals surface area contributed by atoms with Gasteiger partial charge in [0.25, 0.3) is 5.91 Å². The van der Waals surface area contributed by atoms with Crippen LogP contribution >= 0.6 is 15.9 Å². The molecule has 0 aliphatic heterocycles. The fraction of sp³-hybridized carbons (Fsp3) is 0.500. The van der Waals surface area contributed by atoms with Crippen LogP contribution in [0.25, 0.3) is 0 Å². The molecule has 0 aliphatic rings. The molecule has 0 radical (unpaired) electrons. The third kappa shape index (κ3) is 3.02. The quantitative estimate of drug-likeness (QED) is 0.847. The van der Waals surface area contributed by atoms with Crippen molar-refractivity contribution < 1.29 is 4.79 Å². The highest BCUT2D eigenvalue weighted by Gasteiger charge is 2.22. The van der Waals surface area contributed by atoms with Crippen molar-refractivity contribution >= 4 is 21.8 Å². The zero-order chi connectivity index (χ0) is 15.7. The molecule has 0 unspecified atom stereocenters. The van der Waals surface area contributed by atoms with Gasteiger partial charge < -0.3 is 4.90 Å². The second-order valence-electron chi connectivity index (χ2n) is 5.13. The molecule has 1 amide bonds. The molecule has 0 aliphatic carbocycles. The van der Waals surface area contributed by atoms with E-state index in [1.165, 1.54) is 0 Å². The summed E-state index contributed by atoms with van der Waals surface area (Å²) >= 11 is 3.44. The van der Waals surface area contributed by atoms with E-state index in [0.29, 0.717) is 12.2 Å². The fourth-order valence-corrected chi connectivity index (χ4v) is 2.75. The van der Waals surface area contributed by atoms with Gasteiger partial charge in [-0.3, -0.25) is 14.2 Å². The Morgan fingerprint density at radius 3 is 2.48 bits per heavy atom. The van der Waals surface area contributed by atoms with Gasteiger partial charge in [0.2, 0.25) is 0 Å². The highest BCUT2D eigenvalue weighted by atomic mass is 79.9. The fourth-order valence-electron chi connectivity index (χ4n) is 2.25. The van der Waals surface area contributed by atoms with E-state index >= 15 is 0 Å². The predicted octanol–water partition coefficient (Wildman–Crippen LogP) is 2.29. The third-order valence-electron chi connectivity index (χ3n) is 3.48. The Morgan fingerprint density at radius 1 is 1.33 bits per heavy atom. The maximum absolute atomic E-state index is 12.6. The van der Waals surface area contributed by atoms with Crippen molar-refractivity contribution in [3.63, 3.8) is 0 Å². The Hall–Kier alpha value is -1.63. The minimum Gasteiger partial charge on any atom is -0.336 e. The van der Waals surface area contributed by atoms with Crippen LogP contribution in [0, 0.1) is 13.8 Å². The highest BCUT2D eigenvalue weighted by molar-refractivity contribution is 9.10. The summed E-state index contributed by atoms with van der Waals surface area (Å²) in [7, 11) is 3.57. The molecule has 6 nitrogen and oxygen atoms in total. The minimum absolute atomic E-state index is 0.0615. The van der Waals surface area contributed by atoms with Gasteiger partial charge >= 0.3 is 0 Å². The molecule has 0 aromatic carbocycles. The molecule has 0 spiro atoms. The number of aryl methyl sites for hydroxylation is 4. The number of aromatic nitrogens is 4. The molecular formula is C14H20BrN5O. The lowest BCUT2D eigenvalue weighted by Gasteiger charge is -2.17. The van der Waals surface area contributed by atoms with E-state index in [1.807, 2.05) is 31.6 Å². The van der Waals surface area contributed by atoms with Crippen molar-refractivity contribution in [1.82, 2.24) is 24.5 Å². The van der Waals surface area contributed by atoms with Gasteiger partial charge in [0.05, 0.1) is 15.9 Å². The molecule has 0 saturated carbocycles. The first-order chi connectivity index (χ1) is 9.85. The van der Waals surface area contributed by atoms with Crippen LogP contribution in [0.2, 0.25) is 0 Å². The Balaban J connectivity index is 2.21. The largest absolute Gasteiger partial charge is 0.336 e. The maximum atomic E-state index is 12.6.